The lowest BCUT2D eigenvalue weighted by atomic mass is 10.1. The fourth-order valence-corrected chi connectivity index (χ4v) is 3.08. The summed E-state index contributed by atoms with van der Waals surface area (Å²) in [6, 6.07) is 0.336. The molecule has 1 N–H and O–H groups in total. The van der Waals surface area contributed by atoms with E-state index in [1.54, 1.807) is 18.9 Å². The highest BCUT2D eigenvalue weighted by Crippen LogP contribution is 2.16. The second-order valence-corrected chi connectivity index (χ2v) is 5.30. The average molecular weight is 260 g/mol. The number of nitrogens with one attached hydrogen (secondary N) is 1. The zero-order chi connectivity index (χ0) is 12.7. The minimum atomic E-state index is -0.00236. The Hall–Kier alpha value is -0.260. The van der Waals surface area contributed by atoms with E-state index in [1.807, 2.05) is 4.90 Å². The van der Waals surface area contributed by atoms with Crippen molar-refractivity contribution < 1.29 is 9.53 Å². The summed E-state index contributed by atoms with van der Waals surface area (Å²) in [6.07, 6.45) is 2.01. The molecular formula is C12H24N2O2S. The number of carbonyl (C=O) groups is 1. The first-order chi connectivity index (χ1) is 8.24. The Morgan fingerprint density at radius 2 is 2.24 bits per heavy atom. The molecule has 0 saturated carbocycles. The summed E-state index contributed by atoms with van der Waals surface area (Å²) >= 11 is 1.79. The van der Waals surface area contributed by atoms with E-state index in [4.69, 9.17) is 4.74 Å². The van der Waals surface area contributed by atoms with Gasteiger partial charge in [0.15, 0.2) is 0 Å². The summed E-state index contributed by atoms with van der Waals surface area (Å²) in [5.41, 5.74) is 0. The Kier molecular flexibility index (Phi) is 6.92. The molecule has 0 aromatic rings. The summed E-state index contributed by atoms with van der Waals surface area (Å²) in [6.45, 7) is 5.59. The molecule has 1 aliphatic heterocycles. The highest BCUT2D eigenvalue weighted by atomic mass is 32.2. The lowest BCUT2D eigenvalue weighted by Crippen LogP contribution is -2.50. The average Bonchev–Trinajstić information content (AvgIpc) is 2.87. The third-order valence-corrected chi connectivity index (χ3v) is 4.16. The first-order valence-electron chi connectivity index (χ1n) is 6.35. The Bertz CT molecular complexity index is 229. The molecular weight excluding hydrogens is 236 g/mol. The van der Waals surface area contributed by atoms with Crippen molar-refractivity contribution in [2.75, 3.05) is 31.9 Å². The molecule has 1 atom stereocenters. The summed E-state index contributed by atoms with van der Waals surface area (Å²) in [7, 11) is 1.68. The fraction of sp³-hybridized carbons (Fsp3) is 0.917. The quantitative estimate of drug-likeness (QED) is 0.749. The number of hydrogen-bond donors (Lipinski definition) is 1. The summed E-state index contributed by atoms with van der Waals surface area (Å²) in [4.78, 5) is 14.4. The van der Waals surface area contributed by atoms with E-state index < -0.39 is 0 Å². The Morgan fingerprint density at radius 3 is 2.71 bits per heavy atom. The molecule has 0 aromatic carbocycles. The van der Waals surface area contributed by atoms with Crippen LogP contribution in [0.5, 0.6) is 0 Å². The fourth-order valence-electron chi connectivity index (χ4n) is 2.15. The summed E-state index contributed by atoms with van der Waals surface area (Å²) in [5, 5.41) is 3.25. The van der Waals surface area contributed by atoms with Crippen molar-refractivity contribution in [3.63, 3.8) is 0 Å². The molecule has 5 heteroatoms. The maximum atomic E-state index is 12.4. The number of carbonyl (C=O) groups excluding carboxylic acids is 1. The van der Waals surface area contributed by atoms with E-state index in [0.29, 0.717) is 19.2 Å². The van der Waals surface area contributed by atoms with Gasteiger partial charge in [0.2, 0.25) is 5.91 Å². The van der Waals surface area contributed by atoms with Gasteiger partial charge < -0.3 is 9.64 Å². The standard InChI is InChI=1S/C12H24N2O2S/c1-4-10(5-2)14(6-7-16-3)12(15)11-8-17-9-13-11/h10-11,13H,4-9H2,1-3H3. The number of thioether (sulfide) groups is 1. The van der Waals surface area contributed by atoms with Gasteiger partial charge >= 0.3 is 0 Å². The Balaban J connectivity index is 2.62. The third-order valence-electron chi connectivity index (χ3n) is 3.22. The second kappa shape index (κ2) is 7.95. The molecule has 0 bridgehead atoms. The molecule has 4 nitrogen and oxygen atoms in total. The van der Waals surface area contributed by atoms with Gasteiger partial charge in [0, 0.05) is 31.3 Å². The monoisotopic (exact) mass is 260 g/mol. The molecule has 0 spiro atoms. The first kappa shape index (κ1) is 14.8. The van der Waals surface area contributed by atoms with Crippen LogP contribution in [0.25, 0.3) is 0 Å². The lowest BCUT2D eigenvalue weighted by molar-refractivity contribution is -0.136. The van der Waals surface area contributed by atoms with Crippen molar-refractivity contribution in [2.24, 2.45) is 0 Å². The Morgan fingerprint density at radius 1 is 1.53 bits per heavy atom. The van der Waals surface area contributed by atoms with E-state index in [-0.39, 0.29) is 11.9 Å². The maximum Gasteiger partial charge on any atom is 0.240 e. The van der Waals surface area contributed by atoms with E-state index in [2.05, 4.69) is 19.2 Å². The molecule has 1 aliphatic rings. The molecule has 1 heterocycles. The number of amides is 1. The van der Waals surface area contributed by atoms with Crippen molar-refractivity contribution in [1.82, 2.24) is 10.2 Å². The first-order valence-corrected chi connectivity index (χ1v) is 7.50. The van der Waals surface area contributed by atoms with Crippen molar-refractivity contribution in [1.29, 1.82) is 0 Å². The zero-order valence-corrected chi connectivity index (χ0v) is 11.9. The van der Waals surface area contributed by atoms with Gasteiger partial charge in [0.25, 0.3) is 0 Å². The highest BCUT2D eigenvalue weighted by molar-refractivity contribution is 7.99. The predicted octanol–water partition coefficient (Wildman–Crippen LogP) is 1.31. The van der Waals surface area contributed by atoms with Gasteiger partial charge in [-0.15, -0.1) is 11.8 Å². The van der Waals surface area contributed by atoms with E-state index >= 15 is 0 Å². The van der Waals surface area contributed by atoms with Crippen LogP contribution < -0.4 is 5.32 Å². The van der Waals surface area contributed by atoms with Crippen LogP contribution in [0, 0.1) is 0 Å². The number of methoxy groups -OCH3 is 1. The van der Waals surface area contributed by atoms with Crippen LogP contribution in [0.3, 0.4) is 0 Å². The molecule has 1 rings (SSSR count). The second-order valence-electron chi connectivity index (χ2n) is 4.27. The van der Waals surface area contributed by atoms with Crippen LogP contribution in [-0.4, -0.2) is 54.8 Å². The molecule has 17 heavy (non-hydrogen) atoms. The molecule has 0 aliphatic carbocycles. The van der Waals surface area contributed by atoms with Crippen LogP contribution in [0.1, 0.15) is 26.7 Å². The van der Waals surface area contributed by atoms with Crippen molar-refractivity contribution in [3.8, 4) is 0 Å². The molecule has 1 saturated heterocycles. The molecule has 100 valence electrons. The lowest BCUT2D eigenvalue weighted by Gasteiger charge is -2.32. The number of nitrogens with zero attached hydrogens (tertiary/aromatic N) is 1. The van der Waals surface area contributed by atoms with Crippen LogP contribution in [0.2, 0.25) is 0 Å². The largest absolute Gasteiger partial charge is 0.383 e. The number of ether oxygens (including phenoxy) is 1. The molecule has 1 amide bonds. The third kappa shape index (κ3) is 4.16. The Labute approximate surface area is 108 Å². The zero-order valence-electron chi connectivity index (χ0n) is 11.1. The van der Waals surface area contributed by atoms with Gasteiger partial charge in [-0.3, -0.25) is 10.1 Å². The number of rotatable bonds is 7. The minimum absolute atomic E-state index is 0.00236. The van der Waals surface area contributed by atoms with Crippen LogP contribution in [-0.2, 0) is 9.53 Å². The van der Waals surface area contributed by atoms with Crippen LogP contribution in [0.15, 0.2) is 0 Å². The van der Waals surface area contributed by atoms with Crippen LogP contribution >= 0.6 is 11.8 Å². The van der Waals surface area contributed by atoms with Gasteiger partial charge in [-0.2, -0.15) is 0 Å². The van der Waals surface area contributed by atoms with E-state index in [0.717, 1.165) is 24.5 Å². The van der Waals surface area contributed by atoms with Gasteiger partial charge in [-0.1, -0.05) is 13.8 Å². The maximum absolute atomic E-state index is 12.4. The van der Waals surface area contributed by atoms with Crippen LogP contribution in [0.4, 0.5) is 0 Å². The number of hydrogen-bond acceptors (Lipinski definition) is 4. The van der Waals surface area contributed by atoms with Gasteiger partial charge in [0.05, 0.1) is 12.6 Å². The molecule has 1 fully saturated rings. The van der Waals surface area contributed by atoms with E-state index in [1.165, 1.54) is 0 Å². The molecule has 0 aromatic heterocycles. The van der Waals surface area contributed by atoms with Gasteiger partial charge in [0.1, 0.15) is 0 Å². The van der Waals surface area contributed by atoms with Crippen molar-refractivity contribution in [2.45, 2.75) is 38.8 Å². The minimum Gasteiger partial charge on any atom is -0.383 e. The summed E-state index contributed by atoms with van der Waals surface area (Å²) in [5.74, 6) is 2.01. The summed E-state index contributed by atoms with van der Waals surface area (Å²) < 4.78 is 5.10. The topological polar surface area (TPSA) is 41.6 Å². The van der Waals surface area contributed by atoms with Crippen molar-refractivity contribution >= 4 is 17.7 Å². The molecule has 0 radical (unpaired) electrons. The van der Waals surface area contributed by atoms with Gasteiger partial charge in [-0.05, 0) is 12.8 Å². The normalized spacial score (nSPS) is 19.9. The SMILES string of the molecule is CCC(CC)N(CCOC)C(=O)C1CSCN1. The van der Waals surface area contributed by atoms with Gasteiger partial charge in [-0.25, -0.2) is 0 Å². The molecule has 1 unspecified atom stereocenters. The smallest absolute Gasteiger partial charge is 0.240 e. The highest BCUT2D eigenvalue weighted by Gasteiger charge is 2.30. The van der Waals surface area contributed by atoms with E-state index in [9.17, 15) is 4.79 Å². The predicted molar refractivity (Wildman–Crippen MR) is 72.2 cm³/mol. The van der Waals surface area contributed by atoms with Crippen molar-refractivity contribution in [3.05, 3.63) is 0 Å².